The topological polar surface area (TPSA) is 40.1 Å². The van der Waals surface area contributed by atoms with Crippen molar-refractivity contribution < 1.29 is 78.1 Å². The molecular weight excluding hydrogens is 140 g/mol. The maximum atomic E-state index is 10.5. The van der Waals surface area contributed by atoms with Gasteiger partial charge in [-0.05, 0) is 0 Å². The molecule has 0 fully saturated rings. The average molecular weight is 142 g/mol. The number of aliphatic carboxylic acids is 1. The quantitative estimate of drug-likeness (QED) is 0.341. The molecule has 0 saturated carbocycles. The number of carbonyl (C=O) groups is 1. The smallest absolute Gasteiger partial charge is 1.00 e. The fraction of sp³-hybridized carbons (Fsp3) is 0.500. The van der Waals surface area contributed by atoms with Gasteiger partial charge < -0.3 is 14.6 Å². The Bertz CT molecular complexity index is 51.3. The van der Waals surface area contributed by atoms with Gasteiger partial charge in [0.05, 0.1) is 5.97 Å². The third-order valence-corrected chi connectivity index (χ3v) is 0.109. The van der Waals surface area contributed by atoms with E-state index in [1.165, 1.54) is 0 Å². The number of carbonyl (C=O) groups excluding carboxylic acids is 1. The van der Waals surface area contributed by atoms with E-state index >= 15 is 0 Å². The van der Waals surface area contributed by atoms with Crippen LogP contribution in [0.2, 0.25) is 0 Å². The Labute approximate surface area is 89.8 Å². The van der Waals surface area contributed by atoms with Crippen LogP contribution in [-0.4, -0.2) is 12.6 Å². The van der Waals surface area contributed by atoms with Gasteiger partial charge in [0, 0.05) is 0 Å². The van der Waals surface area contributed by atoms with Crippen molar-refractivity contribution in [3.8, 4) is 0 Å². The van der Waals surface area contributed by atoms with Crippen LogP contribution in [-0.2, 0) is 4.79 Å². The van der Waals surface area contributed by atoms with Gasteiger partial charge in [0.1, 0.15) is 6.67 Å². The average Bonchev–Trinajstić information content (AvgIpc) is 1.38. The van der Waals surface area contributed by atoms with E-state index in [-0.39, 0.29) is 63.8 Å². The maximum Gasteiger partial charge on any atom is 1.00 e. The molecule has 0 aliphatic rings. The van der Waals surface area contributed by atoms with Crippen molar-refractivity contribution in [2.75, 3.05) is 6.67 Å². The largest absolute Gasteiger partial charge is 1.00 e. The first kappa shape index (κ1) is 22.8. The first-order valence-electron chi connectivity index (χ1n) is 1.03. The maximum absolute atomic E-state index is 10.5. The predicted molar refractivity (Wildman–Crippen MR) is 11.0 cm³/mol. The van der Waals surface area contributed by atoms with Crippen molar-refractivity contribution in [2.45, 2.75) is 0 Å². The summed E-state index contributed by atoms with van der Waals surface area (Å²) in [6.45, 7) is -1.39. The van der Waals surface area contributed by atoms with Crippen LogP contribution in [0.5, 0.6) is 0 Å². The zero-order valence-electron chi connectivity index (χ0n) is 4.78. The molecule has 0 amide bonds. The SMILES string of the molecule is O=C([O-])CF.[F-].[Na+].[Na+]. The van der Waals surface area contributed by atoms with Crippen LogP contribution >= 0.6 is 0 Å². The summed E-state index contributed by atoms with van der Waals surface area (Å²) >= 11 is 0. The number of carboxylic acid groups (broad SMARTS) is 1. The van der Waals surface area contributed by atoms with E-state index in [1.807, 2.05) is 0 Å². The first-order chi connectivity index (χ1) is 2.27. The van der Waals surface area contributed by atoms with Crippen LogP contribution in [0.15, 0.2) is 0 Å². The number of carboxylic acids is 1. The van der Waals surface area contributed by atoms with Crippen molar-refractivity contribution in [3.05, 3.63) is 0 Å². The fourth-order valence-electron chi connectivity index (χ4n) is 0. The summed E-state index contributed by atoms with van der Waals surface area (Å²) in [6.07, 6.45) is 0. The molecule has 38 valence electrons. The molecule has 0 radical (unpaired) electrons. The van der Waals surface area contributed by atoms with Gasteiger partial charge in [-0.25, -0.2) is 4.39 Å². The summed E-state index contributed by atoms with van der Waals surface area (Å²) in [5, 5.41) is 8.88. The van der Waals surface area contributed by atoms with Gasteiger partial charge in [0.15, 0.2) is 0 Å². The Morgan fingerprint density at radius 2 is 1.62 bits per heavy atom. The second kappa shape index (κ2) is 15.8. The number of rotatable bonds is 1. The summed E-state index contributed by atoms with van der Waals surface area (Å²) in [5.41, 5.74) is 0. The molecule has 0 spiro atoms. The summed E-state index contributed by atoms with van der Waals surface area (Å²) in [7, 11) is 0. The third-order valence-electron chi connectivity index (χ3n) is 0.109. The van der Waals surface area contributed by atoms with E-state index in [0.717, 1.165) is 0 Å². The molecule has 0 aliphatic heterocycles. The molecule has 0 atom stereocenters. The molecule has 2 nitrogen and oxygen atoms in total. The Morgan fingerprint density at radius 1 is 1.50 bits per heavy atom. The van der Waals surface area contributed by atoms with Crippen LogP contribution in [0, 0.1) is 0 Å². The molecule has 0 heterocycles. The normalized spacial score (nSPS) is 4.62. The van der Waals surface area contributed by atoms with Crippen LogP contribution in [0.4, 0.5) is 4.39 Å². The third kappa shape index (κ3) is 26.5. The minimum Gasteiger partial charge on any atom is -1.00 e. The van der Waals surface area contributed by atoms with Gasteiger partial charge in [-0.15, -0.1) is 0 Å². The van der Waals surface area contributed by atoms with Gasteiger partial charge in [-0.2, -0.15) is 0 Å². The molecular formula is C2H2F2Na2O2. The van der Waals surface area contributed by atoms with Gasteiger partial charge in [-0.3, -0.25) is 0 Å². The molecule has 0 N–H and O–H groups in total. The van der Waals surface area contributed by atoms with E-state index in [0.29, 0.717) is 0 Å². The van der Waals surface area contributed by atoms with Crippen LogP contribution in [0.1, 0.15) is 0 Å². The molecule has 0 aromatic heterocycles. The van der Waals surface area contributed by atoms with E-state index in [1.54, 1.807) is 0 Å². The molecule has 6 heteroatoms. The van der Waals surface area contributed by atoms with Crippen molar-refractivity contribution in [1.29, 1.82) is 0 Å². The van der Waals surface area contributed by atoms with Crippen LogP contribution in [0.25, 0.3) is 0 Å². The molecule has 0 unspecified atom stereocenters. The Kier molecular flexibility index (Phi) is 44.9. The molecule has 0 saturated heterocycles. The zero-order valence-corrected chi connectivity index (χ0v) is 8.78. The second-order valence-corrected chi connectivity index (χ2v) is 0.506. The summed E-state index contributed by atoms with van der Waals surface area (Å²) in [6, 6.07) is 0. The van der Waals surface area contributed by atoms with Gasteiger partial charge >= 0.3 is 59.1 Å². The number of hydrogen-bond donors (Lipinski definition) is 0. The van der Waals surface area contributed by atoms with E-state index in [2.05, 4.69) is 0 Å². The molecule has 0 aliphatic carbocycles. The Morgan fingerprint density at radius 3 is 1.62 bits per heavy atom. The number of halogens is 2. The van der Waals surface area contributed by atoms with E-state index < -0.39 is 12.6 Å². The van der Waals surface area contributed by atoms with Gasteiger partial charge in [-0.1, -0.05) is 0 Å². The number of alkyl halides is 1. The van der Waals surface area contributed by atoms with Crippen molar-refractivity contribution in [2.24, 2.45) is 0 Å². The standard InChI is InChI=1S/C2H3FO2.FH.2Na/c3-1-2(4)5;;;/h1H2,(H,4,5);1H;;/q;;2*+1/p-2. The Balaban J connectivity index is -0.0000000267. The molecule has 8 heavy (non-hydrogen) atoms. The minimum atomic E-state index is -1.66. The van der Waals surface area contributed by atoms with Gasteiger partial charge in [0.2, 0.25) is 0 Å². The zero-order chi connectivity index (χ0) is 4.28. The monoisotopic (exact) mass is 142 g/mol. The summed E-state index contributed by atoms with van der Waals surface area (Å²) < 4.78 is 10.5. The van der Waals surface area contributed by atoms with Crippen molar-refractivity contribution in [1.82, 2.24) is 0 Å². The van der Waals surface area contributed by atoms with Crippen molar-refractivity contribution >= 4 is 5.97 Å². The first-order valence-corrected chi connectivity index (χ1v) is 1.03. The second-order valence-electron chi connectivity index (χ2n) is 0.506. The van der Waals surface area contributed by atoms with E-state index in [9.17, 15) is 4.39 Å². The van der Waals surface area contributed by atoms with Crippen LogP contribution in [0.3, 0.4) is 0 Å². The Hall–Kier alpha value is 1.33. The molecule has 0 rings (SSSR count). The van der Waals surface area contributed by atoms with Crippen molar-refractivity contribution in [3.63, 3.8) is 0 Å². The van der Waals surface area contributed by atoms with Crippen LogP contribution < -0.4 is 68.9 Å². The fourth-order valence-corrected chi connectivity index (χ4v) is 0. The number of hydrogen-bond acceptors (Lipinski definition) is 2. The summed E-state index contributed by atoms with van der Waals surface area (Å²) in [5.74, 6) is -1.66. The molecule has 0 aromatic rings. The van der Waals surface area contributed by atoms with E-state index in [4.69, 9.17) is 9.90 Å². The summed E-state index contributed by atoms with van der Waals surface area (Å²) in [4.78, 5) is 8.88. The predicted octanol–water partition coefficient (Wildman–Crippen LogP) is -10.3. The molecule has 0 bridgehead atoms. The van der Waals surface area contributed by atoms with Gasteiger partial charge in [0.25, 0.3) is 0 Å². The molecule has 0 aromatic carbocycles. The minimum absolute atomic E-state index is 0.